The van der Waals surface area contributed by atoms with E-state index in [1.54, 1.807) is 6.07 Å². The molecular formula is C10H8INO. The molecule has 0 spiro atoms. The molecule has 0 saturated heterocycles. The Morgan fingerprint density at radius 2 is 2.15 bits per heavy atom. The van der Waals surface area contributed by atoms with Gasteiger partial charge in [-0.3, -0.25) is 4.79 Å². The molecule has 66 valence electrons. The van der Waals surface area contributed by atoms with Gasteiger partial charge in [-0.15, -0.1) is 0 Å². The Balaban J connectivity index is 3.41. The zero-order valence-electron chi connectivity index (χ0n) is 7.39. The van der Waals surface area contributed by atoms with Crippen LogP contribution < -0.4 is 0 Å². The van der Waals surface area contributed by atoms with Gasteiger partial charge in [-0.2, -0.15) is 5.26 Å². The number of halogens is 1. The summed E-state index contributed by atoms with van der Waals surface area (Å²) in [6.07, 6.45) is 0. The lowest BCUT2D eigenvalue weighted by Crippen LogP contribution is -1.98. The third kappa shape index (κ3) is 2.07. The maximum atomic E-state index is 11.1. The molecule has 0 N–H and O–H groups in total. The Bertz CT molecular complexity index is 404. The number of nitriles is 1. The van der Waals surface area contributed by atoms with E-state index in [4.69, 9.17) is 5.26 Å². The molecule has 1 aromatic carbocycles. The van der Waals surface area contributed by atoms with Crippen LogP contribution in [-0.4, -0.2) is 5.78 Å². The number of carbonyl (C=O) groups excluding carboxylic acids is 1. The van der Waals surface area contributed by atoms with Crippen LogP contribution in [0.5, 0.6) is 0 Å². The summed E-state index contributed by atoms with van der Waals surface area (Å²) in [5.41, 5.74) is 2.12. The average molecular weight is 285 g/mol. The van der Waals surface area contributed by atoms with Crippen LogP contribution in [0.4, 0.5) is 0 Å². The smallest absolute Gasteiger partial charge is 0.160 e. The van der Waals surface area contributed by atoms with Crippen molar-refractivity contribution in [1.29, 1.82) is 5.26 Å². The number of hydrogen-bond acceptors (Lipinski definition) is 2. The van der Waals surface area contributed by atoms with Crippen LogP contribution in [0.3, 0.4) is 0 Å². The lowest BCUT2D eigenvalue weighted by Gasteiger charge is -2.03. The standard InChI is InChI=1S/C10H8INO/c1-6-3-10(11)9(7(2)13)4-8(6)5-12/h3-4H,1-2H3. The monoisotopic (exact) mass is 285 g/mol. The number of Topliss-reactive ketones (excluding diaryl/α,β-unsaturated/α-hetero) is 1. The lowest BCUT2D eigenvalue weighted by atomic mass is 10.0. The molecule has 0 atom stereocenters. The highest BCUT2D eigenvalue weighted by Crippen LogP contribution is 2.18. The largest absolute Gasteiger partial charge is 0.294 e. The second kappa shape index (κ2) is 3.88. The first kappa shape index (κ1) is 10.2. The van der Waals surface area contributed by atoms with E-state index in [-0.39, 0.29) is 5.78 Å². The normalized spacial score (nSPS) is 9.38. The maximum Gasteiger partial charge on any atom is 0.160 e. The Kier molecular flexibility index (Phi) is 3.04. The first-order valence-corrected chi connectivity index (χ1v) is 4.85. The van der Waals surface area contributed by atoms with Crippen LogP contribution >= 0.6 is 22.6 Å². The van der Waals surface area contributed by atoms with Crippen molar-refractivity contribution in [3.63, 3.8) is 0 Å². The third-order valence-electron chi connectivity index (χ3n) is 1.81. The minimum atomic E-state index is 0.000833. The molecule has 13 heavy (non-hydrogen) atoms. The summed E-state index contributed by atoms with van der Waals surface area (Å²) >= 11 is 2.10. The van der Waals surface area contributed by atoms with Crippen LogP contribution in [0.25, 0.3) is 0 Å². The molecule has 0 saturated carbocycles. The highest BCUT2D eigenvalue weighted by Gasteiger charge is 2.08. The number of rotatable bonds is 1. The summed E-state index contributed by atoms with van der Waals surface area (Å²) in [7, 11) is 0. The SMILES string of the molecule is CC(=O)c1cc(C#N)c(C)cc1I. The van der Waals surface area contributed by atoms with Crippen LogP contribution in [0.1, 0.15) is 28.4 Å². The zero-order valence-corrected chi connectivity index (χ0v) is 9.55. The molecule has 0 aliphatic rings. The Hall–Kier alpha value is -0.890. The zero-order chi connectivity index (χ0) is 10.0. The number of nitrogens with zero attached hydrogens (tertiary/aromatic N) is 1. The van der Waals surface area contributed by atoms with Crippen molar-refractivity contribution in [3.8, 4) is 6.07 Å². The van der Waals surface area contributed by atoms with Gasteiger partial charge in [-0.25, -0.2) is 0 Å². The minimum absolute atomic E-state index is 0.000833. The highest BCUT2D eigenvalue weighted by molar-refractivity contribution is 14.1. The highest BCUT2D eigenvalue weighted by atomic mass is 127. The molecule has 0 amide bonds. The van der Waals surface area contributed by atoms with Gasteiger partial charge in [0, 0.05) is 9.13 Å². The molecule has 0 radical (unpaired) electrons. The first-order valence-electron chi connectivity index (χ1n) is 3.77. The van der Waals surface area contributed by atoms with Crippen LogP contribution in [-0.2, 0) is 0 Å². The minimum Gasteiger partial charge on any atom is -0.294 e. The summed E-state index contributed by atoms with van der Waals surface area (Å²) in [5.74, 6) is 0.000833. The van der Waals surface area contributed by atoms with Gasteiger partial charge in [0.25, 0.3) is 0 Å². The number of hydrogen-bond donors (Lipinski definition) is 0. The van der Waals surface area contributed by atoms with Gasteiger partial charge in [0.15, 0.2) is 5.78 Å². The Labute approximate surface area is 90.7 Å². The number of ketones is 1. The summed E-state index contributed by atoms with van der Waals surface area (Å²) in [4.78, 5) is 11.1. The van der Waals surface area contributed by atoms with Crippen LogP contribution in [0, 0.1) is 21.8 Å². The van der Waals surface area contributed by atoms with Gasteiger partial charge in [-0.05, 0) is 54.1 Å². The second-order valence-corrected chi connectivity index (χ2v) is 3.98. The number of aryl methyl sites for hydroxylation is 1. The van der Waals surface area contributed by atoms with Gasteiger partial charge in [0.1, 0.15) is 0 Å². The van der Waals surface area contributed by atoms with Crippen molar-refractivity contribution in [3.05, 3.63) is 32.4 Å². The van der Waals surface area contributed by atoms with Crippen LogP contribution in [0.2, 0.25) is 0 Å². The van der Waals surface area contributed by atoms with Crippen molar-refractivity contribution in [1.82, 2.24) is 0 Å². The fourth-order valence-corrected chi connectivity index (χ4v) is 2.07. The van der Waals surface area contributed by atoms with Crippen molar-refractivity contribution >= 4 is 28.4 Å². The fourth-order valence-electron chi connectivity index (χ4n) is 1.06. The van der Waals surface area contributed by atoms with Gasteiger partial charge in [0.2, 0.25) is 0 Å². The van der Waals surface area contributed by atoms with E-state index < -0.39 is 0 Å². The third-order valence-corrected chi connectivity index (χ3v) is 2.71. The fraction of sp³-hybridized carbons (Fsp3) is 0.200. The molecule has 3 heteroatoms. The summed E-state index contributed by atoms with van der Waals surface area (Å²) in [6.45, 7) is 3.37. The Morgan fingerprint density at radius 1 is 1.54 bits per heavy atom. The average Bonchev–Trinajstić information content (AvgIpc) is 2.03. The molecule has 0 aliphatic carbocycles. The van der Waals surface area contributed by atoms with E-state index in [1.165, 1.54) is 6.92 Å². The van der Waals surface area contributed by atoms with E-state index in [2.05, 4.69) is 28.7 Å². The molecule has 2 nitrogen and oxygen atoms in total. The molecule has 0 heterocycles. The van der Waals surface area contributed by atoms with Gasteiger partial charge in [0.05, 0.1) is 11.6 Å². The predicted molar refractivity (Wildman–Crippen MR) is 58.6 cm³/mol. The van der Waals surface area contributed by atoms with Crippen LogP contribution in [0.15, 0.2) is 12.1 Å². The summed E-state index contributed by atoms with van der Waals surface area (Å²) < 4.78 is 0.904. The van der Waals surface area contributed by atoms with Crippen molar-refractivity contribution in [2.75, 3.05) is 0 Å². The molecule has 0 fully saturated rings. The van der Waals surface area contributed by atoms with E-state index in [0.29, 0.717) is 11.1 Å². The molecule has 0 unspecified atom stereocenters. The molecule has 1 rings (SSSR count). The van der Waals surface area contributed by atoms with E-state index in [0.717, 1.165) is 9.13 Å². The predicted octanol–water partition coefficient (Wildman–Crippen LogP) is 2.67. The van der Waals surface area contributed by atoms with Gasteiger partial charge < -0.3 is 0 Å². The lowest BCUT2D eigenvalue weighted by molar-refractivity contribution is 0.101. The topological polar surface area (TPSA) is 40.9 Å². The van der Waals surface area contributed by atoms with E-state index in [9.17, 15) is 4.79 Å². The molecule has 0 aliphatic heterocycles. The van der Waals surface area contributed by atoms with Crippen molar-refractivity contribution in [2.45, 2.75) is 13.8 Å². The number of benzene rings is 1. The maximum absolute atomic E-state index is 11.1. The second-order valence-electron chi connectivity index (χ2n) is 2.81. The van der Waals surface area contributed by atoms with E-state index in [1.807, 2.05) is 13.0 Å². The van der Waals surface area contributed by atoms with Gasteiger partial charge in [-0.1, -0.05) is 0 Å². The van der Waals surface area contributed by atoms with E-state index >= 15 is 0 Å². The molecular weight excluding hydrogens is 277 g/mol. The molecule has 1 aromatic rings. The quantitative estimate of drug-likeness (QED) is 0.588. The number of carbonyl (C=O) groups is 1. The van der Waals surface area contributed by atoms with Crippen molar-refractivity contribution in [2.24, 2.45) is 0 Å². The molecule has 0 aromatic heterocycles. The van der Waals surface area contributed by atoms with Gasteiger partial charge >= 0.3 is 0 Å². The molecule has 0 bridgehead atoms. The summed E-state index contributed by atoms with van der Waals surface area (Å²) in [6, 6.07) is 5.57. The summed E-state index contributed by atoms with van der Waals surface area (Å²) in [5, 5.41) is 8.75. The first-order chi connectivity index (χ1) is 6.06. The van der Waals surface area contributed by atoms with Crippen molar-refractivity contribution < 1.29 is 4.79 Å². The Morgan fingerprint density at radius 3 is 2.62 bits per heavy atom.